The van der Waals surface area contributed by atoms with E-state index in [0.717, 1.165) is 12.1 Å². The van der Waals surface area contributed by atoms with Crippen LogP contribution in [0.5, 0.6) is 0 Å². The Morgan fingerprint density at radius 1 is 1.60 bits per heavy atom. The number of nitrogens with one attached hydrogen (secondary N) is 1. The molecule has 84 valence electrons. The van der Waals surface area contributed by atoms with Crippen LogP contribution in [0.25, 0.3) is 0 Å². The van der Waals surface area contributed by atoms with E-state index in [4.69, 9.17) is 23.2 Å². The molecule has 1 aromatic rings. The molecule has 0 aliphatic carbocycles. The predicted molar refractivity (Wildman–Crippen MR) is 62.3 cm³/mol. The van der Waals surface area contributed by atoms with E-state index < -0.39 is 0 Å². The predicted octanol–water partition coefficient (Wildman–Crippen LogP) is 0.383. The van der Waals surface area contributed by atoms with Crippen molar-refractivity contribution in [3.8, 4) is 0 Å². The molecule has 1 aromatic heterocycles. The second kappa shape index (κ2) is 5.27. The molecule has 6 heteroatoms. The first kappa shape index (κ1) is 12.2. The largest absolute Gasteiger partial charge is 0.383 e. The van der Waals surface area contributed by atoms with Crippen molar-refractivity contribution in [2.45, 2.75) is 6.04 Å². The number of nitrogen functional groups attached to an aromatic ring is 1. The van der Waals surface area contributed by atoms with E-state index in [1.807, 2.05) is 19.0 Å². The van der Waals surface area contributed by atoms with Gasteiger partial charge in [0.05, 0.1) is 11.1 Å². The molecule has 1 rings (SSSR count). The fourth-order valence-electron chi connectivity index (χ4n) is 1.35. The van der Waals surface area contributed by atoms with Gasteiger partial charge in [0, 0.05) is 18.3 Å². The van der Waals surface area contributed by atoms with E-state index in [2.05, 4.69) is 10.4 Å². The van der Waals surface area contributed by atoms with Gasteiger partial charge in [-0.15, -0.1) is 0 Å². The van der Waals surface area contributed by atoms with Gasteiger partial charge in [-0.25, -0.2) is 4.98 Å². The van der Waals surface area contributed by atoms with Gasteiger partial charge in [0.1, 0.15) is 5.82 Å². The van der Waals surface area contributed by atoms with Crippen molar-refractivity contribution in [1.29, 1.82) is 0 Å². The molecule has 0 saturated heterocycles. The number of halogens is 1. The molecule has 1 heterocycles. The number of nitrogens with two attached hydrogens (primary N) is 2. The molecule has 0 aliphatic rings. The molecule has 0 radical (unpaired) electrons. The van der Waals surface area contributed by atoms with Gasteiger partial charge in [0.25, 0.3) is 0 Å². The Kier molecular flexibility index (Phi) is 4.28. The Balaban J connectivity index is 2.95. The third-order valence-electron chi connectivity index (χ3n) is 2.04. The highest BCUT2D eigenvalue weighted by Crippen LogP contribution is 2.21. The Hall–Kier alpha value is -0.880. The number of hydrazine groups is 1. The molecule has 0 amide bonds. The minimum absolute atomic E-state index is 0.0776. The number of aromatic nitrogens is 1. The van der Waals surface area contributed by atoms with Crippen molar-refractivity contribution < 1.29 is 0 Å². The highest BCUT2D eigenvalue weighted by Gasteiger charge is 2.14. The summed E-state index contributed by atoms with van der Waals surface area (Å²) in [4.78, 5) is 5.99. The van der Waals surface area contributed by atoms with Crippen LogP contribution in [-0.4, -0.2) is 30.5 Å². The molecule has 0 spiro atoms. The Bertz CT molecular complexity index is 328. The molecular weight excluding hydrogens is 214 g/mol. The van der Waals surface area contributed by atoms with Gasteiger partial charge in [-0.05, 0) is 20.2 Å². The lowest BCUT2D eigenvalue weighted by Crippen LogP contribution is -2.36. The van der Waals surface area contributed by atoms with Gasteiger partial charge in [0.2, 0.25) is 0 Å². The average molecular weight is 230 g/mol. The normalized spacial score (nSPS) is 13.1. The molecular formula is C9H16ClN5. The first-order valence-electron chi connectivity index (χ1n) is 4.56. The van der Waals surface area contributed by atoms with Crippen LogP contribution in [0.1, 0.15) is 11.6 Å². The summed E-state index contributed by atoms with van der Waals surface area (Å²) in [6, 6.07) is 1.70. The van der Waals surface area contributed by atoms with Crippen molar-refractivity contribution in [2.75, 3.05) is 26.4 Å². The Morgan fingerprint density at radius 3 is 2.80 bits per heavy atom. The fraction of sp³-hybridized carbons (Fsp3) is 0.444. The van der Waals surface area contributed by atoms with E-state index >= 15 is 0 Å². The molecule has 5 nitrogen and oxygen atoms in total. The van der Waals surface area contributed by atoms with Gasteiger partial charge in [-0.2, -0.15) is 0 Å². The summed E-state index contributed by atoms with van der Waals surface area (Å²) in [7, 11) is 3.91. The fourth-order valence-corrected chi connectivity index (χ4v) is 1.52. The summed E-state index contributed by atoms with van der Waals surface area (Å²) in [5.74, 6) is 5.92. The first-order chi connectivity index (χ1) is 7.04. The number of anilines is 1. The number of likely N-dealkylation sites (N-methyl/N-ethyl adjacent to an activating group) is 1. The monoisotopic (exact) mass is 229 g/mol. The Morgan fingerprint density at radius 2 is 2.27 bits per heavy atom. The highest BCUT2D eigenvalue weighted by molar-refractivity contribution is 6.30. The zero-order chi connectivity index (χ0) is 11.4. The molecule has 1 unspecified atom stereocenters. The quantitative estimate of drug-likeness (QED) is 0.514. The third-order valence-corrected chi connectivity index (χ3v) is 2.25. The number of hydrogen-bond donors (Lipinski definition) is 3. The second-order valence-electron chi connectivity index (χ2n) is 3.61. The van der Waals surface area contributed by atoms with Crippen molar-refractivity contribution in [3.63, 3.8) is 0 Å². The van der Waals surface area contributed by atoms with Gasteiger partial charge in [0.15, 0.2) is 0 Å². The van der Waals surface area contributed by atoms with Crippen LogP contribution in [-0.2, 0) is 0 Å². The average Bonchev–Trinajstić information content (AvgIpc) is 2.18. The zero-order valence-electron chi connectivity index (χ0n) is 8.87. The Labute approximate surface area is 94.4 Å². The minimum atomic E-state index is -0.0776. The topological polar surface area (TPSA) is 80.2 Å². The van der Waals surface area contributed by atoms with E-state index in [1.54, 1.807) is 6.07 Å². The number of nitrogens with zero attached hydrogens (tertiary/aromatic N) is 2. The van der Waals surface area contributed by atoms with Gasteiger partial charge < -0.3 is 10.6 Å². The lowest BCUT2D eigenvalue weighted by molar-refractivity contribution is 0.344. The van der Waals surface area contributed by atoms with Crippen LogP contribution in [0.15, 0.2) is 12.3 Å². The van der Waals surface area contributed by atoms with Crippen LogP contribution >= 0.6 is 11.6 Å². The van der Waals surface area contributed by atoms with E-state index in [0.29, 0.717) is 10.8 Å². The van der Waals surface area contributed by atoms with Crippen molar-refractivity contribution >= 4 is 17.4 Å². The van der Waals surface area contributed by atoms with Crippen LogP contribution in [0.3, 0.4) is 0 Å². The molecule has 0 fully saturated rings. The van der Waals surface area contributed by atoms with Crippen molar-refractivity contribution in [2.24, 2.45) is 5.84 Å². The summed E-state index contributed by atoms with van der Waals surface area (Å²) >= 11 is 5.85. The molecule has 1 atom stereocenters. The summed E-state index contributed by atoms with van der Waals surface area (Å²) in [6.45, 7) is 0.725. The van der Waals surface area contributed by atoms with Crippen LogP contribution in [0, 0.1) is 0 Å². The van der Waals surface area contributed by atoms with Gasteiger partial charge >= 0.3 is 0 Å². The highest BCUT2D eigenvalue weighted by atomic mass is 35.5. The molecule has 0 aliphatic heterocycles. The van der Waals surface area contributed by atoms with E-state index in [-0.39, 0.29) is 6.04 Å². The van der Waals surface area contributed by atoms with Crippen molar-refractivity contribution in [1.82, 2.24) is 15.3 Å². The number of hydrogen-bond acceptors (Lipinski definition) is 5. The minimum Gasteiger partial charge on any atom is -0.383 e. The van der Waals surface area contributed by atoms with Crippen LogP contribution < -0.4 is 17.0 Å². The van der Waals surface area contributed by atoms with E-state index in [1.165, 1.54) is 6.20 Å². The lowest BCUT2D eigenvalue weighted by atomic mass is 10.1. The third kappa shape index (κ3) is 3.32. The van der Waals surface area contributed by atoms with Crippen LogP contribution in [0.4, 0.5) is 5.82 Å². The molecule has 5 N–H and O–H groups in total. The molecule has 0 aromatic carbocycles. The van der Waals surface area contributed by atoms with Crippen LogP contribution in [0.2, 0.25) is 5.02 Å². The maximum Gasteiger partial charge on any atom is 0.128 e. The van der Waals surface area contributed by atoms with Gasteiger partial charge in [-0.1, -0.05) is 11.6 Å². The first-order valence-corrected chi connectivity index (χ1v) is 4.94. The summed E-state index contributed by atoms with van der Waals surface area (Å²) < 4.78 is 0. The molecule has 15 heavy (non-hydrogen) atoms. The van der Waals surface area contributed by atoms with E-state index in [9.17, 15) is 0 Å². The smallest absolute Gasteiger partial charge is 0.128 e. The maximum atomic E-state index is 5.85. The SMILES string of the molecule is CN(C)CC(NN)c1cc(Cl)cnc1N. The summed E-state index contributed by atoms with van der Waals surface area (Å²) in [5, 5.41) is 0.554. The second-order valence-corrected chi connectivity index (χ2v) is 4.05. The van der Waals surface area contributed by atoms with Gasteiger partial charge in [-0.3, -0.25) is 11.3 Å². The number of rotatable bonds is 4. The zero-order valence-corrected chi connectivity index (χ0v) is 9.62. The lowest BCUT2D eigenvalue weighted by Gasteiger charge is -2.21. The van der Waals surface area contributed by atoms with Crippen molar-refractivity contribution in [3.05, 3.63) is 22.8 Å². The standard InChI is InChI=1S/C9H16ClN5/c1-15(2)5-8(14-12)7-3-6(10)4-13-9(7)11/h3-4,8,14H,5,12H2,1-2H3,(H2,11,13). The number of pyridine rings is 1. The molecule has 0 bridgehead atoms. The summed E-state index contributed by atoms with van der Waals surface area (Å²) in [6.07, 6.45) is 1.52. The summed E-state index contributed by atoms with van der Waals surface area (Å²) in [5.41, 5.74) is 9.27. The maximum absolute atomic E-state index is 5.85. The molecule has 0 saturated carbocycles.